The Bertz CT molecular complexity index is 593. The van der Waals surface area contributed by atoms with Crippen LogP contribution in [0.25, 0.3) is 5.69 Å². The van der Waals surface area contributed by atoms with E-state index in [1.165, 1.54) is 4.90 Å². The average molecular weight is 290 g/mol. The number of benzene rings is 1. The molecule has 2 heterocycles. The number of ether oxygens (including phenoxy) is 1. The van der Waals surface area contributed by atoms with Gasteiger partial charge in [-0.3, -0.25) is 0 Å². The summed E-state index contributed by atoms with van der Waals surface area (Å²) in [7, 11) is 0. The number of rotatable bonds is 4. The molecule has 1 unspecified atom stereocenters. The Morgan fingerprint density at radius 3 is 3.10 bits per heavy atom. The third kappa shape index (κ3) is 2.46. The van der Waals surface area contributed by atoms with Crippen molar-refractivity contribution in [2.24, 2.45) is 5.73 Å². The number of nitrogens with two attached hydrogens (primary N) is 1. The predicted molar refractivity (Wildman–Crippen MR) is 79.0 cm³/mol. The Hall–Kier alpha value is -1.37. The van der Waals surface area contributed by atoms with Crippen molar-refractivity contribution < 1.29 is 4.74 Å². The SMILES string of the molecule is CSc1cccc(-n2nnc(CN)c2C2CCCO2)c1. The maximum Gasteiger partial charge on any atom is 0.103 e. The van der Waals surface area contributed by atoms with E-state index in [1.807, 2.05) is 16.8 Å². The van der Waals surface area contributed by atoms with E-state index in [9.17, 15) is 0 Å². The minimum Gasteiger partial charge on any atom is -0.372 e. The Balaban J connectivity index is 2.06. The lowest BCUT2D eigenvalue weighted by molar-refractivity contribution is 0.106. The zero-order chi connectivity index (χ0) is 13.9. The Labute approximate surface area is 122 Å². The summed E-state index contributed by atoms with van der Waals surface area (Å²) >= 11 is 1.71. The number of hydrogen-bond donors (Lipinski definition) is 1. The summed E-state index contributed by atoms with van der Waals surface area (Å²) in [6.07, 6.45) is 4.20. The van der Waals surface area contributed by atoms with E-state index < -0.39 is 0 Å². The van der Waals surface area contributed by atoms with Gasteiger partial charge in [-0.15, -0.1) is 16.9 Å². The van der Waals surface area contributed by atoms with Crippen LogP contribution in [0.1, 0.15) is 30.3 Å². The molecule has 6 heteroatoms. The van der Waals surface area contributed by atoms with Gasteiger partial charge in [-0.05, 0) is 37.3 Å². The molecule has 20 heavy (non-hydrogen) atoms. The molecule has 1 saturated heterocycles. The maximum atomic E-state index is 5.80. The van der Waals surface area contributed by atoms with Crippen molar-refractivity contribution in [1.82, 2.24) is 15.0 Å². The van der Waals surface area contributed by atoms with Crippen molar-refractivity contribution in [2.75, 3.05) is 12.9 Å². The highest BCUT2D eigenvalue weighted by Gasteiger charge is 2.26. The highest BCUT2D eigenvalue weighted by Crippen LogP contribution is 2.31. The first-order valence-electron chi connectivity index (χ1n) is 6.74. The molecule has 0 aliphatic carbocycles. The standard InChI is InChI=1S/C14H18N4OS/c1-20-11-5-2-4-10(8-11)18-14(12(9-15)16-17-18)13-6-3-7-19-13/h2,4-5,8,13H,3,6-7,9,15H2,1H3. The van der Waals surface area contributed by atoms with E-state index in [4.69, 9.17) is 10.5 Å². The fourth-order valence-electron chi connectivity index (χ4n) is 2.51. The van der Waals surface area contributed by atoms with Gasteiger partial charge in [0, 0.05) is 18.0 Å². The van der Waals surface area contributed by atoms with Gasteiger partial charge >= 0.3 is 0 Å². The molecule has 1 aromatic carbocycles. The van der Waals surface area contributed by atoms with Crippen molar-refractivity contribution in [3.8, 4) is 5.69 Å². The highest BCUT2D eigenvalue weighted by atomic mass is 32.2. The van der Waals surface area contributed by atoms with E-state index in [1.54, 1.807) is 11.8 Å². The number of nitrogens with zero attached hydrogens (tertiary/aromatic N) is 3. The van der Waals surface area contributed by atoms with Crippen LogP contribution in [0.15, 0.2) is 29.2 Å². The number of aromatic nitrogens is 3. The van der Waals surface area contributed by atoms with Crippen LogP contribution in [0.2, 0.25) is 0 Å². The molecule has 0 amide bonds. The zero-order valence-corrected chi connectivity index (χ0v) is 12.3. The second kappa shape index (κ2) is 5.95. The smallest absolute Gasteiger partial charge is 0.103 e. The molecule has 1 aliphatic heterocycles. The summed E-state index contributed by atoms with van der Waals surface area (Å²) in [5.74, 6) is 0. The van der Waals surface area contributed by atoms with Crippen molar-refractivity contribution >= 4 is 11.8 Å². The predicted octanol–water partition coefficient (Wildman–Crippen LogP) is 2.30. The minimum atomic E-state index is 0.0569. The van der Waals surface area contributed by atoms with Crippen LogP contribution in [0.3, 0.4) is 0 Å². The molecular formula is C14H18N4OS. The van der Waals surface area contributed by atoms with Gasteiger partial charge in [0.2, 0.25) is 0 Å². The first kappa shape index (κ1) is 13.6. The lowest BCUT2D eigenvalue weighted by Gasteiger charge is -2.13. The summed E-state index contributed by atoms with van der Waals surface area (Å²) in [5.41, 5.74) is 8.63. The van der Waals surface area contributed by atoms with Crippen LogP contribution in [-0.2, 0) is 11.3 Å². The lowest BCUT2D eigenvalue weighted by Crippen LogP contribution is -2.10. The van der Waals surface area contributed by atoms with E-state index in [0.717, 1.165) is 36.5 Å². The fraction of sp³-hybridized carbons (Fsp3) is 0.429. The summed E-state index contributed by atoms with van der Waals surface area (Å²) in [6, 6.07) is 8.26. The van der Waals surface area contributed by atoms with Gasteiger partial charge < -0.3 is 10.5 Å². The zero-order valence-electron chi connectivity index (χ0n) is 11.5. The molecule has 1 aromatic heterocycles. The van der Waals surface area contributed by atoms with Crippen molar-refractivity contribution in [2.45, 2.75) is 30.4 Å². The largest absolute Gasteiger partial charge is 0.372 e. The van der Waals surface area contributed by atoms with Gasteiger partial charge in [0.25, 0.3) is 0 Å². The fourth-order valence-corrected chi connectivity index (χ4v) is 2.97. The molecule has 0 radical (unpaired) electrons. The van der Waals surface area contributed by atoms with Crippen molar-refractivity contribution in [3.05, 3.63) is 35.7 Å². The molecule has 5 nitrogen and oxygen atoms in total. The molecule has 0 spiro atoms. The van der Waals surface area contributed by atoms with Crippen LogP contribution < -0.4 is 5.73 Å². The molecule has 1 aliphatic rings. The molecule has 2 N–H and O–H groups in total. The van der Waals surface area contributed by atoms with Crippen LogP contribution in [0.5, 0.6) is 0 Å². The maximum absolute atomic E-state index is 5.80. The second-order valence-electron chi connectivity index (χ2n) is 4.74. The minimum absolute atomic E-state index is 0.0569. The molecule has 0 bridgehead atoms. The lowest BCUT2D eigenvalue weighted by atomic mass is 10.1. The van der Waals surface area contributed by atoms with Crippen molar-refractivity contribution in [3.63, 3.8) is 0 Å². The summed E-state index contributed by atoms with van der Waals surface area (Å²) in [4.78, 5) is 1.20. The van der Waals surface area contributed by atoms with Gasteiger partial charge in [0.15, 0.2) is 0 Å². The molecule has 106 valence electrons. The van der Waals surface area contributed by atoms with Gasteiger partial charge in [0.1, 0.15) is 11.8 Å². The Kier molecular flexibility index (Phi) is 4.05. The van der Waals surface area contributed by atoms with E-state index in [0.29, 0.717) is 6.54 Å². The monoisotopic (exact) mass is 290 g/mol. The quantitative estimate of drug-likeness (QED) is 0.875. The molecule has 1 fully saturated rings. The highest BCUT2D eigenvalue weighted by molar-refractivity contribution is 7.98. The van der Waals surface area contributed by atoms with Crippen LogP contribution in [-0.4, -0.2) is 27.9 Å². The Morgan fingerprint density at radius 1 is 1.50 bits per heavy atom. The summed E-state index contributed by atoms with van der Waals surface area (Å²) in [6.45, 7) is 1.18. The van der Waals surface area contributed by atoms with Gasteiger partial charge in [0.05, 0.1) is 11.4 Å². The Morgan fingerprint density at radius 2 is 2.40 bits per heavy atom. The summed E-state index contributed by atoms with van der Waals surface area (Å²) in [5, 5.41) is 8.49. The van der Waals surface area contributed by atoms with Crippen LogP contribution in [0.4, 0.5) is 0 Å². The normalized spacial score (nSPS) is 18.6. The first-order valence-corrected chi connectivity index (χ1v) is 7.96. The molecule has 1 atom stereocenters. The first-order chi connectivity index (χ1) is 9.83. The number of thioether (sulfide) groups is 1. The molecular weight excluding hydrogens is 272 g/mol. The third-order valence-corrected chi connectivity index (χ3v) is 4.23. The molecule has 2 aromatic rings. The average Bonchev–Trinajstić information content (AvgIpc) is 3.15. The van der Waals surface area contributed by atoms with E-state index in [-0.39, 0.29) is 6.10 Å². The second-order valence-corrected chi connectivity index (χ2v) is 5.62. The van der Waals surface area contributed by atoms with E-state index >= 15 is 0 Å². The van der Waals surface area contributed by atoms with E-state index in [2.05, 4.69) is 28.7 Å². The third-order valence-electron chi connectivity index (χ3n) is 3.50. The molecule has 0 saturated carbocycles. The van der Waals surface area contributed by atoms with Gasteiger partial charge in [-0.1, -0.05) is 11.3 Å². The van der Waals surface area contributed by atoms with Crippen LogP contribution in [0, 0.1) is 0 Å². The number of hydrogen-bond acceptors (Lipinski definition) is 5. The van der Waals surface area contributed by atoms with Crippen molar-refractivity contribution in [1.29, 1.82) is 0 Å². The van der Waals surface area contributed by atoms with Gasteiger partial charge in [-0.2, -0.15) is 0 Å². The molecule has 3 rings (SSSR count). The van der Waals surface area contributed by atoms with Gasteiger partial charge in [-0.25, -0.2) is 4.68 Å². The topological polar surface area (TPSA) is 66.0 Å². The summed E-state index contributed by atoms with van der Waals surface area (Å²) < 4.78 is 7.67. The van der Waals surface area contributed by atoms with Crippen LogP contribution >= 0.6 is 11.8 Å².